The molecule has 9 heteroatoms. The first-order chi connectivity index (χ1) is 14.4. The highest BCUT2D eigenvalue weighted by Gasteiger charge is 2.14. The number of carbonyl (C=O) groups excluding carboxylic acids is 1. The van der Waals surface area contributed by atoms with Gasteiger partial charge in [-0.25, -0.2) is 0 Å². The minimum atomic E-state index is -0.487. The Morgan fingerprint density at radius 2 is 1.60 bits per heavy atom. The van der Waals surface area contributed by atoms with Crippen LogP contribution in [0.5, 0.6) is 0 Å². The van der Waals surface area contributed by atoms with Crippen LogP contribution < -0.4 is 16.1 Å². The maximum Gasteiger partial charge on any atom is 0.326 e. The van der Waals surface area contributed by atoms with Crippen LogP contribution in [-0.2, 0) is 22.7 Å². The standard InChI is InChI=1S/C21H20N6O3/c1-26(2)21-24-17(23-20(22)25-21)12-30-18(28)11-27-15-9-5-3-7-13(15)19(29)14-8-4-6-10-16(14)27/h3-10H,11-12H2,1-2H3,(H2,22,23,24,25). The molecule has 2 heterocycles. The zero-order valence-corrected chi connectivity index (χ0v) is 16.6. The summed E-state index contributed by atoms with van der Waals surface area (Å²) in [6.07, 6.45) is 0. The summed E-state index contributed by atoms with van der Waals surface area (Å²) in [4.78, 5) is 39.3. The molecule has 0 fully saturated rings. The van der Waals surface area contributed by atoms with E-state index in [1.807, 2.05) is 24.3 Å². The highest BCUT2D eigenvalue weighted by molar-refractivity contribution is 5.94. The first-order valence-corrected chi connectivity index (χ1v) is 9.27. The Labute approximate surface area is 171 Å². The Bertz CT molecular complexity index is 1260. The van der Waals surface area contributed by atoms with E-state index >= 15 is 0 Å². The second-order valence-electron chi connectivity index (χ2n) is 6.91. The summed E-state index contributed by atoms with van der Waals surface area (Å²) < 4.78 is 7.16. The van der Waals surface area contributed by atoms with Crippen molar-refractivity contribution >= 4 is 39.7 Å². The van der Waals surface area contributed by atoms with Crippen LogP contribution in [0.2, 0.25) is 0 Å². The molecule has 2 aromatic carbocycles. The van der Waals surface area contributed by atoms with Gasteiger partial charge in [0.1, 0.15) is 6.54 Å². The predicted octanol–water partition coefficient (Wildman–Crippen LogP) is 1.73. The van der Waals surface area contributed by atoms with Gasteiger partial charge in [0.2, 0.25) is 11.9 Å². The van der Waals surface area contributed by atoms with E-state index in [-0.39, 0.29) is 30.4 Å². The van der Waals surface area contributed by atoms with Crippen LogP contribution in [-0.4, -0.2) is 39.6 Å². The van der Waals surface area contributed by atoms with Gasteiger partial charge in [0.15, 0.2) is 17.9 Å². The molecule has 0 bridgehead atoms. The van der Waals surface area contributed by atoms with Gasteiger partial charge in [-0.2, -0.15) is 15.0 Å². The molecule has 0 aliphatic rings. The fourth-order valence-corrected chi connectivity index (χ4v) is 3.26. The Morgan fingerprint density at radius 3 is 2.20 bits per heavy atom. The van der Waals surface area contributed by atoms with Crippen molar-refractivity contribution in [3.8, 4) is 0 Å². The molecule has 0 atom stereocenters. The minimum Gasteiger partial charge on any atom is -0.456 e. The number of rotatable bonds is 5. The smallest absolute Gasteiger partial charge is 0.326 e. The van der Waals surface area contributed by atoms with Crippen LogP contribution in [0.1, 0.15) is 5.82 Å². The lowest BCUT2D eigenvalue weighted by Crippen LogP contribution is -2.19. The first-order valence-electron chi connectivity index (χ1n) is 9.27. The third-order valence-corrected chi connectivity index (χ3v) is 4.62. The zero-order chi connectivity index (χ0) is 21.3. The molecule has 0 radical (unpaired) electrons. The van der Waals surface area contributed by atoms with Crippen molar-refractivity contribution < 1.29 is 9.53 Å². The molecule has 0 amide bonds. The number of hydrogen-bond donors (Lipinski definition) is 1. The van der Waals surface area contributed by atoms with E-state index in [1.54, 1.807) is 47.8 Å². The average molecular weight is 404 g/mol. The third kappa shape index (κ3) is 3.64. The summed E-state index contributed by atoms with van der Waals surface area (Å²) >= 11 is 0. The largest absolute Gasteiger partial charge is 0.456 e. The number of fused-ring (bicyclic) bond motifs is 2. The van der Waals surface area contributed by atoms with E-state index in [0.29, 0.717) is 27.8 Å². The maximum atomic E-state index is 12.8. The topological polar surface area (TPSA) is 116 Å². The third-order valence-electron chi connectivity index (χ3n) is 4.62. The molecule has 152 valence electrons. The molecule has 4 rings (SSSR count). The van der Waals surface area contributed by atoms with E-state index in [1.165, 1.54) is 0 Å². The number of esters is 1. The van der Waals surface area contributed by atoms with Crippen LogP contribution in [0.25, 0.3) is 21.8 Å². The number of para-hydroxylation sites is 2. The molecule has 9 nitrogen and oxygen atoms in total. The van der Waals surface area contributed by atoms with Crippen LogP contribution in [0.4, 0.5) is 11.9 Å². The summed E-state index contributed by atoms with van der Waals surface area (Å²) in [5.74, 6) is 0.205. The number of aromatic nitrogens is 4. The molecule has 0 aliphatic heterocycles. The molecule has 0 spiro atoms. The summed E-state index contributed by atoms with van der Waals surface area (Å²) in [6, 6.07) is 14.4. The number of anilines is 2. The second-order valence-corrected chi connectivity index (χ2v) is 6.91. The van der Waals surface area contributed by atoms with E-state index in [0.717, 1.165) is 0 Å². The van der Waals surface area contributed by atoms with Gasteiger partial charge < -0.3 is 19.9 Å². The van der Waals surface area contributed by atoms with Crippen molar-refractivity contribution in [2.45, 2.75) is 13.2 Å². The van der Waals surface area contributed by atoms with Gasteiger partial charge in [-0.3, -0.25) is 9.59 Å². The SMILES string of the molecule is CN(C)c1nc(N)nc(COC(=O)Cn2c3ccccc3c(=O)c3ccccc32)n1. The lowest BCUT2D eigenvalue weighted by Gasteiger charge is -2.15. The minimum absolute atomic E-state index is 0.0529. The van der Waals surface area contributed by atoms with E-state index in [9.17, 15) is 9.59 Å². The molecule has 0 saturated carbocycles. The fourth-order valence-electron chi connectivity index (χ4n) is 3.26. The highest BCUT2D eigenvalue weighted by Crippen LogP contribution is 2.19. The monoisotopic (exact) mass is 404 g/mol. The van der Waals surface area contributed by atoms with Crippen molar-refractivity contribution in [1.29, 1.82) is 0 Å². The Hall–Kier alpha value is -4.01. The molecule has 30 heavy (non-hydrogen) atoms. The number of nitrogens with two attached hydrogens (primary N) is 1. The maximum absolute atomic E-state index is 12.8. The van der Waals surface area contributed by atoms with Gasteiger partial charge in [0.05, 0.1) is 11.0 Å². The number of pyridine rings is 1. The number of carbonyl (C=O) groups is 1. The normalized spacial score (nSPS) is 11.0. The molecular formula is C21H20N6O3. The van der Waals surface area contributed by atoms with Gasteiger partial charge in [0.25, 0.3) is 0 Å². The summed E-state index contributed by atoms with van der Waals surface area (Å²) in [5, 5.41) is 1.09. The van der Waals surface area contributed by atoms with Crippen molar-refractivity contribution in [3.63, 3.8) is 0 Å². The van der Waals surface area contributed by atoms with Crippen LogP contribution in [0.3, 0.4) is 0 Å². The molecule has 2 aromatic heterocycles. The number of hydrogen-bond acceptors (Lipinski definition) is 8. The van der Waals surface area contributed by atoms with Crippen LogP contribution in [0.15, 0.2) is 53.3 Å². The lowest BCUT2D eigenvalue weighted by atomic mass is 10.1. The van der Waals surface area contributed by atoms with Gasteiger partial charge in [-0.15, -0.1) is 0 Å². The molecule has 2 N–H and O–H groups in total. The molecular weight excluding hydrogens is 384 g/mol. The number of nitrogens with zero attached hydrogens (tertiary/aromatic N) is 5. The molecule has 0 unspecified atom stereocenters. The molecule has 0 saturated heterocycles. The van der Waals surface area contributed by atoms with Crippen molar-refractivity contribution in [2.24, 2.45) is 0 Å². The van der Waals surface area contributed by atoms with E-state index in [4.69, 9.17) is 10.5 Å². The number of nitrogen functional groups attached to an aromatic ring is 1. The zero-order valence-electron chi connectivity index (χ0n) is 16.6. The van der Waals surface area contributed by atoms with Crippen LogP contribution >= 0.6 is 0 Å². The van der Waals surface area contributed by atoms with E-state index in [2.05, 4.69) is 15.0 Å². The Kier molecular flexibility index (Phi) is 5.01. The van der Waals surface area contributed by atoms with Crippen LogP contribution in [0, 0.1) is 0 Å². The lowest BCUT2D eigenvalue weighted by molar-refractivity contribution is -0.145. The highest BCUT2D eigenvalue weighted by atomic mass is 16.5. The van der Waals surface area contributed by atoms with Crippen molar-refractivity contribution in [3.05, 3.63) is 64.6 Å². The quantitative estimate of drug-likeness (QED) is 0.395. The molecule has 0 aliphatic carbocycles. The summed E-state index contributed by atoms with van der Waals surface area (Å²) in [7, 11) is 3.55. The number of ether oxygens (including phenoxy) is 1. The summed E-state index contributed by atoms with van der Waals surface area (Å²) in [6.45, 7) is -0.204. The Balaban J connectivity index is 1.64. The fraction of sp³-hybridized carbons (Fsp3) is 0.190. The van der Waals surface area contributed by atoms with Crippen molar-refractivity contribution in [1.82, 2.24) is 19.5 Å². The Morgan fingerprint density at radius 1 is 1.00 bits per heavy atom. The van der Waals surface area contributed by atoms with Gasteiger partial charge in [0, 0.05) is 24.9 Å². The van der Waals surface area contributed by atoms with Gasteiger partial charge in [-0.05, 0) is 24.3 Å². The first kappa shape index (κ1) is 19.3. The van der Waals surface area contributed by atoms with Crippen molar-refractivity contribution in [2.75, 3.05) is 24.7 Å². The number of benzene rings is 2. The second kappa shape index (κ2) is 7.78. The predicted molar refractivity (Wildman–Crippen MR) is 114 cm³/mol. The van der Waals surface area contributed by atoms with E-state index < -0.39 is 5.97 Å². The van der Waals surface area contributed by atoms with Gasteiger partial charge >= 0.3 is 5.97 Å². The molecule has 4 aromatic rings. The van der Waals surface area contributed by atoms with Gasteiger partial charge in [-0.1, -0.05) is 24.3 Å². The average Bonchev–Trinajstić information content (AvgIpc) is 2.75. The summed E-state index contributed by atoms with van der Waals surface area (Å²) in [5.41, 5.74) is 6.96.